The smallest absolute Gasteiger partial charge is 0.0141 e. The van der Waals surface area contributed by atoms with E-state index in [2.05, 4.69) is 56.0 Å². The van der Waals surface area contributed by atoms with Crippen molar-refractivity contribution >= 4 is 0 Å². The van der Waals surface area contributed by atoms with Crippen LogP contribution < -0.4 is 0 Å². The highest BCUT2D eigenvalue weighted by Gasteiger charge is 2.32. The van der Waals surface area contributed by atoms with E-state index in [1.54, 1.807) is 0 Å². The van der Waals surface area contributed by atoms with Crippen molar-refractivity contribution in [2.24, 2.45) is 0 Å². The Hall–Kier alpha value is -0.820. The van der Waals surface area contributed by atoms with Gasteiger partial charge in [-0.3, -0.25) is 4.90 Å². The van der Waals surface area contributed by atoms with Crippen LogP contribution >= 0.6 is 0 Å². The summed E-state index contributed by atoms with van der Waals surface area (Å²) in [6.45, 7) is 8.25. The third kappa shape index (κ3) is 2.65. The number of rotatable bonds is 2. The summed E-state index contributed by atoms with van der Waals surface area (Å²) in [6.07, 6.45) is 3.92. The Kier molecular flexibility index (Phi) is 3.34. The van der Waals surface area contributed by atoms with Crippen molar-refractivity contribution < 1.29 is 0 Å². The highest BCUT2D eigenvalue weighted by Crippen LogP contribution is 2.28. The largest absolute Gasteiger partial charge is 0.295 e. The van der Waals surface area contributed by atoms with Gasteiger partial charge in [0, 0.05) is 11.6 Å². The van der Waals surface area contributed by atoms with Crippen molar-refractivity contribution in [1.82, 2.24) is 4.90 Å². The highest BCUT2D eigenvalue weighted by atomic mass is 15.2. The van der Waals surface area contributed by atoms with Crippen LogP contribution in [0.4, 0.5) is 0 Å². The number of benzene rings is 1. The van der Waals surface area contributed by atoms with E-state index >= 15 is 0 Å². The predicted octanol–water partition coefficient (Wildman–Crippen LogP) is 3.49. The van der Waals surface area contributed by atoms with Crippen molar-refractivity contribution in [3.05, 3.63) is 35.9 Å². The van der Waals surface area contributed by atoms with Crippen LogP contribution in [0.15, 0.2) is 30.3 Å². The molecule has 1 heterocycles. The van der Waals surface area contributed by atoms with Gasteiger partial charge in [-0.2, -0.15) is 0 Å². The first-order chi connectivity index (χ1) is 7.57. The summed E-state index contributed by atoms with van der Waals surface area (Å²) < 4.78 is 0. The van der Waals surface area contributed by atoms with Crippen LogP contribution in [0, 0.1) is 0 Å². The minimum atomic E-state index is 0.315. The molecule has 16 heavy (non-hydrogen) atoms. The van der Waals surface area contributed by atoms with Crippen molar-refractivity contribution in [3.8, 4) is 0 Å². The fraction of sp³-hybridized carbons (Fsp3) is 0.600. The van der Waals surface area contributed by atoms with Crippen LogP contribution in [0.1, 0.15) is 39.2 Å². The molecule has 1 nitrogen and oxygen atoms in total. The molecular weight excluding hydrogens is 194 g/mol. The predicted molar refractivity (Wildman–Crippen MR) is 69.6 cm³/mol. The molecule has 1 aromatic carbocycles. The average Bonchev–Trinajstić information content (AvgIpc) is 2.67. The van der Waals surface area contributed by atoms with Gasteiger partial charge in [-0.1, -0.05) is 30.3 Å². The molecule has 1 aliphatic heterocycles. The summed E-state index contributed by atoms with van der Waals surface area (Å²) in [7, 11) is 0. The lowest BCUT2D eigenvalue weighted by Gasteiger charge is -2.37. The Labute approximate surface area is 99.5 Å². The molecule has 1 atom stereocenters. The lowest BCUT2D eigenvalue weighted by atomic mass is 9.99. The van der Waals surface area contributed by atoms with Gasteiger partial charge in [0.25, 0.3) is 0 Å². The monoisotopic (exact) mass is 217 g/mol. The zero-order valence-electron chi connectivity index (χ0n) is 10.7. The topological polar surface area (TPSA) is 3.24 Å². The second-order valence-electron chi connectivity index (χ2n) is 5.85. The third-order valence-electron chi connectivity index (χ3n) is 3.55. The molecule has 0 radical (unpaired) electrons. The van der Waals surface area contributed by atoms with Gasteiger partial charge in [-0.25, -0.2) is 0 Å². The highest BCUT2D eigenvalue weighted by molar-refractivity contribution is 5.16. The normalized spacial score (nSPS) is 22.6. The molecular formula is C15H23N. The third-order valence-corrected chi connectivity index (χ3v) is 3.55. The van der Waals surface area contributed by atoms with Gasteiger partial charge in [0.2, 0.25) is 0 Å². The molecule has 1 unspecified atom stereocenters. The molecule has 1 saturated heterocycles. The van der Waals surface area contributed by atoms with Gasteiger partial charge in [0.05, 0.1) is 0 Å². The second kappa shape index (κ2) is 4.58. The maximum atomic E-state index is 2.67. The minimum absolute atomic E-state index is 0.315. The number of hydrogen-bond acceptors (Lipinski definition) is 1. The summed E-state index contributed by atoms with van der Waals surface area (Å²) in [4.78, 5) is 2.67. The second-order valence-corrected chi connectivity index (χ2v) is 5.85. The lowest BCUT2D eigenvalue weighted by molar-refractivity contribution is 0.121. The zero-order valence-corrected chi connectivity index (χ0v) is 10.7. The summed E-state index contributed by atoms with van der Waals surface area (Å²) >= 11 is 0. The van der Waals surface area contributed by atoms with Crippen molar-refractivity contribution in [2.75, 3.05) is 6.54 Å². The van der Waals surface area contributed by atoms with E-state index < -0.39 is 0 Å². The SMILES string of the molecule is CC(C)(C)N1CCCC1Cc1ccccc1. The van der Waals surface area contributed by atoms with Crippen LogP contribution in [0.5, 0.6) is 0 Å². The fourth-order valence-electron chi connectivity index (χ4n) is 2.82. The molecule has 1 aromatic rings. The first-order valence-corrected chi connectivity index (χ1v) is 6.38. The van der Waals surface area contributed by atoms with Crippen molar-refractivity contribution in [2.45, 2.75) is 51.6 Å². The number of likely N-dealkylation sites (tertiary alicyclic amines) is 1. The van der Waals surface area contributed by atoms with Gasteiger partial charge in [-0.15, -0.1) is 0 Å². The molecule has 0 spiro atoms. The van der Waals surface area contributed by atoms with E-state index in [1.165, 1.54) is 31.4 Å². The van der Waals surface area contributed by atoms with E-state index in [-0.39, 0.29) is 0 Å². The van der Waals surface area contributed by atoms with Gasteiger partial charge in [0.15, 0.2) is 0 Å². The molecule has 0 saturated carbocycles. The fourth-order valence-corrected chi connectivity index (χ4v) is 2.82. The molecule has 1 fully saturated rings. The van der Waals surface area contributed by atoms with Crippen LogP contribution in [-0.4, -0.2) is 23.0 Å². The standard InChI is InChI=1S/C15H23N/c1-15(2,3)16-11-7-10-14(16)12-13-8-5-4-6-9-13/h4-6,8-9,14H,7,10-12H2,1-3H3. The number of nitrogens with zero attached hydrogens (tertiary/aromatic N) is 1. The summed E-state index contributed by atoms with van der Waals surface area (Å²) in [5.41, 5.74) is 1.79. The van der Waals surface area contributed by atoms with Crippen LogP contribution in [0.25, 0.3) is 0 Å². The van der Waals surface area contributed by atoms with Gasteiger partial charge < -0.3 is 0 Å². The minimum Gasteiger partial charge on any atom is -0.295 e. The Morgan fingerprint density at radius 3 is 2.50 bits per heavy atom. The molecule has 0 N–H and O–H groups in total. The molecule has 0 aromatic heterocycles. The molecule has 2 rings (SSSR count). The maximum Gasteiger partial charge on any atom is 0.0141 e. The van der Waals surface area contributed by atoms with Crippen LogP contribution in [0.3, 0.4) is 0 Å². The molecule has 1 aliphatic rings. The molecule has 0 aliphatic carbocycles. The van der Waals surface area contributed by atoms with E-state index in [0.717, 1.165) is 6.04 Å². The molecule has 1 heteroatoms. The van der Waals surface area contributed by atoms with Crippen molar-refractivity contribution in [1.29, 1.82) is 0 Å². The van der Waals surface area contributed by atoms with Crippen LogP contribution in [0.2, 0.25) is 0 Å². The van der Waals surface area contributed by atoms with E-state index in [1.807, 2.05) is 0 Å². The molecule has 0 bridgehead atoms. The Morgan fingerprint density at radius 1 is 1.19 bits per heavy atom. The van der Waals surface area contributed by atoms with Gasteiger partial charge >= 0.3 is 0 Å². The molecule has 0 amide bonds. The van der Waals surface area contributed by atoms with Gasteiger partial charge in [-0.05, 0) is 52.1 Å². The van der Waals surface area contributed by atoms with E-state index in [0.29, 0.717) is 5.54 Å². The Morgan fingerprint density at radius 2 is 1.88 bits per heavy atom. The van der Waals surface area contributed by atoms with Crippen LogP contribution in [-0.2, 0) is 6.42 Å². The van der Waals surface area contributed by atoms with E-state index in [9.17, 15) is 0 Å². The Balaban J connectivity index is 2.05. The summed E-state index contributed by atoms with van der Waals surface area (Å²) in [6, 6.07) is 11.6. The lowest BCUT2D eigenvalue weighted by Crippen LogP contribution is -2.45. The van der Waals surface area contributed by atoms with Gasteiger partial charge in [0.1, 0.15) is 0 Å². The average molecular weight is 217 g/mol. The van der Waals surface area contributed by atoms with E-state index in [4.69, 9.17) is 0 Å². The first-order valence-electron chi connectivity index (χ1n) is 6.38. The maximum absolute atomic E-state index is 2.67. The summed E-state index contributed by atoms with van der Waals surface area (Å²) in [5.74, 6) is 0. The quantitative estimate of drug-likeness (QED) is 0.733. The summed E-state index contributed by atoms with van der Waals surface area (Å²) in [5, 5.41) is 0. The molecule has 88 valence electrons. The van der Waals surface area contributed by atoms with Crippen molar-refractivity contribution in [3.63, 3.8) is 0 Å². The Bertz CT molecular complexity index is 323. The number of hydrogen-bond donors (Lipinski definition) is 0. The first kappa shape index (κ1) is 11.7. The zero-order chi connectivity index (χ0) is 11.6.